The molecule has 8 heteroatoms. The highest BCUT2D eigenvalue weighted by molar-refractivity contribution is 8.03. The lowest BCUT2D eigenvalue weighted by Crippen LogP contribution is -2.16. The van der Waals surface area contributed by atoms with Crippen LogP contribution in [0.3, 0.4) is 0 Å². The number of non-ortho nitro benzene ring substituents is 1. The molecule has 0 saturated carbocycles. The predicted molar refractivity (Wildman–Crippen MR) is 93.0 cm³/mol. The van der Waals surface area contributed by atoms with Gasteiger partial charge in [0.15, 0.2) is 0 Å². The zero-order valence-corrected chi connectivity index (χ0v) is 13.5. The third kappa shape index (κ3) is 2.83. The van der Waals surface area contributed by atoms with Gasteiger partial charge >= 0.3 is 0 Å². The molecule has 0 atom stereocenters. The summed E-state index contributed by atoms with van der Waals surface area (Å²) in [5, 5.41) is 23.0. The van der Waals surface area contributed by atoms with Crippen molar-refractivity contribution in [3.8, 4) is 0 Å². The van der Waals surface area contributed by atoms with Crippen LogP contribution in [0.4, 0.5) is 17.1 Å². The number of nitro benzene ring substituents is 2. The average Bonchev–Trinajstić information content (AvgIpc) is 2.91. The largest absolute Gasteiger partial charge is 0.335 e. The van der Waals surface area contributed by atoms with Crippen LogP contribution in [-0.2, 0) is 0 Å². The summed E-state index contributed by atoms with van der Waals surface area (Å²) in [5.74, 6) is 0. The van der Waals surface area contributed by atoms with Crippen molar-refractivity contribution in [1.29, 1.82) is 0 Å². The molecule has 24 heavy (non-hydrogen) atoms. The topological polar surface area (TPSA) is 89.5 Å². The molecule has 122 valence electrons. The number of hydrogen-bond acceptors (Lipinski definition) is 6. The first-order valence-corrected chi connectivity index (χ1v) is 8.02. The fraction of sp³-hybridized carbons (Fsp3) is 0.125. The molecule has 2 aromatic carbocycles. The number of benzene rings is 2. The standard InChI is InChI=1S/C16H13N3O4S/c1-2-17-13-5-3-4-6-15(13)24-16(17)9-11-7-8-12(18(20)21)10-14(11)19(22)23/h3-10H,2H2,1H3. The Bertz CT molecular complexity index is 866. The van der Waals surface area contributed by atoms with Crippen LogP contribution in [0.1, 0.15) is 12.5 Å². The van der Waals surface area contributed by atoms with Crippen LogP contribution in [0.2, 0.25) is 0 Å². The molecule has 2 aromatic rings. The summed E-state index contributed by atoms with van der Waals surface area (Å²) in [7, 11) is 0. The van der Waals surface area contributed by atoms with Crippen molar-refractivity contribution in [3.63, 3.8) is 0 Å². The van der Waals surface area contributed by atoms with Gasteiger partial charge in [0.25, 0.3) is 11.4 Å². The summed E-state index contributed by atoms with van der Waals surface area (Å²) in [6, 6.07) is 11.6. The fourth-order valence-corrected chi connectivity index (χ4v) is 3.72. The summed E-state index contributed by atoms with van der Waals surface area (Å²) < 4.78 is 0. The Labute approximate surface area is 141 Å². The minimum atomic E-state index is -0.636. The van der Waals surface area contributed by atoms with E-state index < -0.39 is 9.85 Å². The van der Waals surface area contributed by atoms with Crippen molar-refractivity contribution < 1.29 is 9.85 Å². The zero-order chi connectivity index (χ0) is 17.3. The number of para-hydroxylation sites is 1. The van der Waals surface area contributed by atoms with Crippen LogP contribution in [0, 0.1) is 20.2 Å². The van der Waals surface area contributed by atoms with Gasteiger partial charge in [0.2, 0.25) is 0 Å². The number of rotatable bonds is 4. The van der Waals surface area contributed by atoms with E-state index in [0.717, 1.165) is 28.2 Å². The van der Waals surface area contributed by atoms with E-state index in [2.05, 4.69) is 4.90 Å². The third-order valence-corrected chi connectivity index (χ3v) is 4.77. The van der Waals surface area contributed by atoms with Gasteiger partial charge in [-0.15, -0.1) is 0 Å². The van der Waals surface area contributed by atoms with Gasteiger partial charge in [-0.25, -0.2) is 0 Å². The highest BCUT2D eigenvalue weighted by atomic mass is 32.2. The molecular formula is C16H13N3O4S. The lowest BCUT2D eigenvalue weighted by molar-refractivity contribution is -0.394. The molecule has 0 spiro atoms. The fourth-order valence-electron chi connectivity index (χ4n) is 2.55. The maximum atomic E-state index is 11.3. The molecule has 0 radical (unpaired) electrons. The van der Waals surface area contributed by atoms with E-state index in [4.69, 9.17) is 0 Å². The van der Waals surface area contributed by atoms with Gasteiger partial charge in [-0.2, -0.15) is 0 Å². The number of nitro groups is 2. The second-order valence-electron chi connectivity index (χ2n) is 5.05. The maximum absolute atomic E-state index is 11.3. The van der Waals surface area contributed by atoms with E-state index in [9.17, 15) is 20.2 Å². The lowest BCUT2D eigenvalue weighted by atomic mass is 10.1. The SMILES string of the molecule is CCN1C(=Cc2ccc([N+](=O)[O-])cc2[N+](=O)[O-])Sc2ccccc21. The van der Waals surface area contributed by atoms with Crippen LogP contribution in [0.5, 0.6) is 0 Å². The first-order chi connectivity index (χ1) is 11.5. The van der Waals surface area contributed by atoms with E-state index in [0.29, 0.717) is 5.56 Å². The van der Waals surface area contributed by atoms with E-state index in [1.807, 2.05) is 31.2 Å². The Morgan fingerprint density at radius 2 is 1.88 bits per heavy atom. The average molecular weight is 343 g/mol. The van der Waals surface area contributed by atoms with Crippen molar-refractivity contribution in [3.05, 3.63) is 73.3 Å². The van der Waals surface area contributed by atoms with Crippen molar-refractivity contribution in [2.45, 2.75) is 11.8 Å². The summed E-state index contributed by atoms with van der Waals surface area (Å²) in [6.45, 7) is 2.72. The minimum absolute atomic E-state index is 0.274. The van der Waals surface area contributed by atoms with Crippen LogP contribution in [0.15, 0.2) is 52.4 Å². The van der Waals surface area contributed by atoms with E-state index in [1.54, 1.807) is 6.08 Å². The second-order valence-corrected chi connectivity index (χ2v) is 6.12. The first-order valence-electron chi connectivity index (χ1n) is 7.20. The van der Waals surface area contributed by atoms with Gasteiger partial charge in [0.1, 0.15) is 0 Å². The van der Waals surface area contributed by atoms with Crippen molar-refractivity contribution in [2.75, 3.05) is 11.4 Å². The molecule has 0 amide bonds. The van der Waals surface area contributed by atoms with E-state index in [1.165, 1.54) is 23.9 Å². The molecule has 0 aromatic heterocycles. The molecule has 1 heterocycles. The number of thioether (sulfide) groups is 1. The summed E-state index contributed by atoms with van der Waals surface area (Å²) in [6.07, 6.45) is 1.70. The Balaban J connectivity index is 2.06. The van der Waals surface area contributed by atoms with E-state index >= 15 is 0 Å². The Hall–Kier alpha value is -2.87. The molecular weight excluding hydrogens is 330 g/mol. The quantitative estimate of drug-likeness (QED) is 0.602. The Morgan fingerprint density at radius 1 is 1.12 bits per heavy atom. The van der Waals surface area contributed by atoms with Gasteiger partial charge in [-0.1, -0.05) is 23.9 Å². The first kappa shape index (κ1) is 16.0. The molecule has 1 aliphatic rings. The summed E-state index contributed by atoms with van der Waals surface area (Å²) in [4.78, 5) is 24.0. The Kier molecular flexibility index (Phi) is 4.22. The number of anilines is 1. The van der Waals surface area contributed by atoms with Gasteiger partial charge in [-0.3, -0.25) is 20.2 Å². The number of nitrogens with zero attached hydrogens (tertiary/aromatic N) is 3. The van der Waals surface area contributed by atoms with Crippen molar-refractivity contribution >= 4 is 34.9 Å². The maximum Gasteiger partial charge on any atom is 0.283 e. The summed E-state index contributed by atoms with van der Waals surface area (Å²) in [5.41, 5.74) is 0.836. The normalized spacial score (nSPS) is 14.7. The van der Waals surface area contributed by atoms with Gasteiger partial charge in [0.05, 0.1) is 32.2 Å². The summed E-state index contributed by atoms with van der Waals surface area (Å²) >= 11 is 1.53. The molecule has 0 fully saturated rings. The van der Waals surface area contributed by atoms with Gasteiger partial charge in [0, 0.05) is 17.5 Å². The van der Waals surface area contributed by atoms with E-state index in [-0.39, 0.29) is 11.4 Å². The number of fused-ring (bicyclic) bond motifs is 1. The molecule has 0 saturated heterocycles. The minimum Gasteiger partial charge on any atom is -0.335 e. The van der Waals surface area contributed by atoms with Gasteiger partial charge < -0.3 is 4.90 Å². The van der Waals surface area contributed by atoms with Crippen molar-refractivity contribution in [1.82, 2.24) is 0 Å². The molecule has 0 N–H and O–H groups in total. The zero-order valence-electron chi connectivity index (χ0n) is 12.7. The molecule has 1 aliphatic heterocycles. The monoisotopic (exact) mass is 343 g/mol. The predicted octanol–water partition coefficient (Wildman–Crippen LogP) is 4.43. The molecule has 0 bridgehead atoms. The van der Waals surface area contributed by atoms with Crippen LogP contribution in [0.25, 0.3) is 6.08 Å². The molecule has 7 nitrogen and oxygen atoms in total. The smallest absolute Gasteiger partial charge is 0.283 e. The Morgan fingerprint density at radius 3 is 2.54 bits per heavy atom. The van der Waals surface area contributed by atoms with Crippen molar-refractivity contribution in [2.24, 2.45) is 0 Å². The molecule has 3 rings (SSSR count). The lowest BCUT2D eigenvalue weighted by Gasteiger charge is -2.17. The van der Waals surface area contributed by atoms with Crippen LogP contribution >= 0.6 is 11.8 Å². The molecule has 0 unspecified atom stereocenters. The van der Waals surface area contributed by atoms with Gasteiger partial charge in [-0.05, 0) is 31.2 Å². The molecule has 0 aliphatic carbocycles. The van der Waals surface area contributed by atoms with Crippen LogP contribution in [-0.4, -0.2) is 16.4 Å². The highest BCUT2D eigenvalue weighted by Crippen LogP contribution is 2.46. The third-order valence-electron chi connectivity index (χ3n) is 3.65. The highest BCUT2D eigenvalue weighted by Gasteiger charge is 2.25. The second kappa shape index (κ2) is 6.32. The van der Waals surface area contributed by atoms with Crippen LogP contribution < -0.4 is 4.90 Å². The number of hydrogen-bond donors (Lipinski definition) is 0.